The summed E-state index contributed by atoms with van der Waals surface area (Å²) in [6.07, 6.45) is 0.862. The lowest BCUT2D eigenvalue weighted by molar-refractivity contribution is 0.0698. The van der Waals surface area contributed by atoms with Crippen molar-refractivity contribution in [3.8, 4) is 11.5 Å². The van der Waals surface area contributed by atoms with Crippen LogP contribution in [-0.2, 0) is 6.42 Å². The Balaban J connectivity index is 2.23. The van der Waals surface area contributed by atoms with Gasteiger partial charge in [-0.2, -0.15) is 0 Å². The van der Waals surface area contributed by atoms with Gasteiger partial charge in [0, 0.05) is 5.56 Å². The minimum Gasteiger partial charge on any atom is -0.478 e. The zero-order valence-corrected chi connectivity index (χ0v) is 11.0. The van der Waals surface area contributed by atoms with Crippen LogP contribution in [0.5, 0.6) is 0 Å². The summed E-state index contributed by atoms with van der Waals surface area (Å²) in [5, 5.41) is 9.18. The fourth-order valence-corrected chi connectivity index (χ4v) is 2.27. The van der Waals surface area contributed by atoms with Gasteiger partial charge in [0.05, 0.1) is 0 Å². The van der Waals surface area contributed by atoms with E-state index in [-0.39, 0.29) is 5.56 Å². The molecule has 0 radical (unpaired) electrons. The summed E-state index contributed by atoms with van der Waals surface area (Å²) >= 11 is 0. The van der Waals surface area contributed by atoms with Gasteiger partial charge in [-0.05, 0) is 30.2 Å². The Kier molecular flexibility index (Phi) is 2.99. The maximum absolute atomic E-state index is 11.2. The molecule has 4 heteroatoms. The first-order chi connectivity index (χ1) is 9.70. The second-order valence-corrected chi connectivity index (χ2v) is 4.49. The molecule has 0 saturated carbocycles. The highest BCUT2D eigenvalue weighted by molar-refractivity contribution is 6.00. The summed E-state index contributed by atoms with van der Waals surface area (Å²) < 4.78 is 5.70. The average Bonchev–Trinajstić information content (AvgIpc) is 2.90. The number of rotatable bonds is 3. The van der Waals surface area contributed by atoms with Gasteiger partial charge in [0.2, 0.25) is 5.89 Å². The Morgan fingerprint density at radius 1 is 1.20 bits per heavy atom. The topological polar surface area (TPSA) is 63.3 Å². The van der Waals surface area contributed by atoms with Crippen molar-refractivity contribution in [2.45, 2.75) is 13.3 Å². The summed E-state index contributed by atoms with van der Waals surface area (Å²) in [6, 6.07) is 12.8. The van der Waals surface area contributed by atoms with E-state index >= 15 is 0 Å². The van der Waals surface area contributed by atoms with E-state index in [9.17, 15) is 9.90 Å². The fraction of sp³-hybridized carbons (Fsp3) is 0.125. The number of para-hydroxylation sites is 1. The standard InChI is InChI=1S/C16H13NO3/c1-2-10-6-3-4-7-11(10)15-17-13-9-5-8-12(16(18)19)14(13)20-15/h3-9H,2H2,1H3,(H,18,19). The van der Waals surface area contributed by atoms with Crippen molar-refractivity contribution in [2.24, 2.45) is 0 Å². The molecular formula is C16H13NO3. The molecule has 0 bridgehead atoms. The molecule has 20 heavy (non-hydrogen) atoms. The number of hydrogen-bond acceptors (Lipinski definition) is 3. The lowest BCUT2D eigenvalue weighted by Crippen LogP contribution is -1.95. The van der Waals surface area contributed by atoms with Gasteiger partial charge in [0.1, 0.15) is 11.1 Å². The van der Waals surface area contributed by atoms with E-state index in [1.165, 1.54) is 6.07 Å². The quantitative estimate of drug-likeness (QED) is 0.784. The molecule has 4 nitrogen and oxygen atoms in total. The predicted molar refractivity (Wildman–Crippen MR) is 75.8 cm³/mol. The van der Waals surface area contributed by atoms with Crippen LogP contribution in [0.2, 0.25) is 0 Å². The summed E-state index contributed by atoms with van der Waals surface area (Å²) in [5.74, 6) is -0.548. The van der Waals surface area contributed by atoms with Crippen molar-refractivity contribution in [1.29, 1.82) is 0 Å². The molecule has 0 unspecified atom stereocenters. The largest absolute Gasteiger partial charge is 0.478 e. The SMILES string of the molecule is CCc1ccccc1-c1nc2cccc(C(=O)O)c2o1. The van der Waals surface area contributed by atoms with Crippen LogP contribution in [0.15, 0.2) is 46.9 Å². The average molecular weight is 267 g/mol. The first-order valence-electron chi connectivity index (χ1n) is 6.42. The number of hydrogen-bond donors (Lipinski definition) is 1. The van der Waals surface area contributed by atoms with Crippen LogP contribution in [0, 0.1) is 0 Å². The Hall–Kier alpha value is -2.62. The Bertz CT molecular complexity index is 789. The molecule has 0 saturated heterocycles. The summed E-state index contributed by atoms with van der Waals surface area (Å²) in [4.78, 5) is 15.6. The number of benzene rings is 2. The second-order valence-electron chi connectivity index (χ2n) is 4.49. The Morgan fingerprint density at radius 2 is 2.00 bits per heavy atom. The number of oxazole rings is 1. The van der Waals surface area contributed by atoms with E-state index in [0.29, 0.717) is 17.0 Å². The van der Waals surface area contributed by atoms with Crippen LogP contribution in [0.4, 0.5) is 0 Å². The Labute approximate surface area is 115 Å². The smallest absolute Gasteiger partial charge is 0.339 e. The molecule has 0 atom stereocenters. The molecule has 3 rings (SSSR count). The number of carboxylic acid groups (broad SMARTS) is 1. The normalized spacial score (nSPS) is 10.8. The lowest BCUT2D eigenvalue weighted by Gasteiger charge is -2.02. The number of fused-ring (bicyclic) bond motifs is 1. The number of carboxylic acids is 1. The summed E-state index contributed by atoms with van der Waals surface area (Å²) in [7, 11) is 0. The van der Waals surface area contributed by atoms with E-state index in [0.717, 1.165) is 17.5 Å². The third-order valence-corrected chi connectivity index (χ3v) is 3.27. The minimum atomic E-state index is -1.01. The first kappa shape index (κ1) is 12.4. The molecule has 0 aliphatic rings. The predicted octanol–water partition coefficient (Wildman–Crippen LogP) is 3.76. The number of nitrogens with zero attached hydrogens (tertiary/aromatic N) is 1. The third-order valence-electron chi connectivity index (χ3n) is 3.27. The van der Waals surface area contributed by atoms with Crippen molar-refractivity contribution in [3.05, 3.63) is 53.6 Å². The molecule has 0 spiro atoms. The summed E-state index contributed by atoms with van der Waals surface area (Å²) in [5.41, 5.74) is 3.04. The second kappa shape index (κ2) is 4.81. The van der Waals surface area contributed by atoms with Gasteiger partial charge in [0.15, 0.2) is 5.58 Å². The van der Waals surface area contributed by atoms with Gasteiger partial charge in [0.25, 0.3) is 0 Å². The van der Waals surface area contributed by atoms with Crippen LogP contribution in [0.1, 0.15) is 22.8 Å². The molecule has 2 aromatic carbocycles. The van der Waals surface area contributed by atoms with Gasteiger partial charge in [-0.15, -0.1) is 0 Å². The number of aryl methyl sites for hydroxylation is 1. The number of carbonyl (C=O) groups is 1. The van der Waals surface area contributed by atoms with E-state index in [2.05, 4.69) is 11.9 Å². The van der Waals surface area contributed by atoms with Crippen molar-refractivity contribution >= 4 is 17.1 Å². The van der Waals surface area contributed by atoms with Crippen LogP contribution in [0.3, 0.4) is 0 Å². The molecule has 1 heterocycles. The van der Waals surface area contributed by atoms with Crippen molar-refractivity contribution in [2.75, 3.05) is 0 Å². The minimum absolute atomic E-state index is 0.134. The molecule has 3 aromatic rings. The van der Waals surface area contributed by atoms with Crippen molar-refractivity contribution in [1.82, 2.24) is 4.98 Å². The molecular weight excluding hydrogens is 254 g/mol. The maximum Gasteiger partial charge on any atom is 0.339 e. The molecule has 1 aromatic heterocycles. The van der Waals surface area contributed by atoms with E-state index < -0.39 is 5.97 Å². The first-order valence-corrected chi connectivity index (χ1v) is 6.42. The van der Waals surface area contributed by atoms with Gasteiger partial charge in [-0.25, -0.2) is 9.78 Å². The van der Waals surface area contributed by atoms with E-state index in [1.807, 2.05) is 24.3 Å². The van der Waals surface area contributed by atoms with Gasteiger partial charge in [-0.3, -0.25) is 0 Å². The molecule has 1 N–H and O–H groups in total. The highest BCUT2D eigenvalue weighted by Gasteiger charge is 2.16. The van der Waals surface area contributed by atoms with Crippen LogP contribution in [0.25, 0.3) is 22.6 Å². The zero-order chi connectivity index (χ0) is 14.1. The Morgan fingerprint density at radius 3 is 2.75 bits per heavy atom. The van der Waals surface area contributed by atoms with Crippen molar-refractivity contribution in [3.63, 3.8) is 0 Å². The van der Waals surface area contributed by atoms with Gasteiger partial charge >= 0.3 is 5.97 Å². The highest BCUT2D eigenvalue weighted by Crippen LogP contribution is 2.29. The van der Waals surface area contributed by atoms with E-state index in [1.54, 1.807) is 12.1 Å². The van der Waals surface area contributed by atoms with Crippen LogP contribution in [-0.4, -0.2) is 16.1 Å². The third kappa shape index (κ3) is 1.95. The van der Waals surface area contributed by atoms with Gasteiger partial charge < -0.3 is 9.52 Å². The van der Waals surface area contributed by atoms with Crippen molar-refractivity contribution < 1.29 is 14.3 Å². The molecule has 0 aliphatic carbocycles. The lowest BCUT2D eigenvalue weighted by atomic mass is 10.1. The fourth-order valence-electron chi connectivity index (χ4n) is 2.27. The van der Waals surface area contributed by atoms with Gasteiger partial charge in [-0.1, -0.05) is 31.2 Å². The molecule has 0 amide bonds. The van der Waals surface area contributed by atoms with E-state index in [4.69, 9.17) is 4.42 Å². The van der Waals surface area contributed by atoms with Crippen LogP contribution >= 0.6 is 0 Å². The zero-order valence-electron chi connectivity index (χ0n) is 11.0. The summed E-state index contributed by atoms with van der Waals surface area (Å²) in [6.45, 7) is 2.06. The maximum atomic E-state index is 11.2. The number of aromatic carboxylic acids is 1. The monoisotopic (exact) mass is 267 g/mol. The molecule has 100 valence electrons. The molecule has 0 fully saturated rings. The van der Waals surface area contributed by atoms with Crippen LogP contribution < -0.4 is 0 Å². The highest BCUT2D eigenvalue weighted by atomic mass is 16.4. The number of aromatic nitrogens is 1. The molecule has 0 aliphatic heterocycles.